The Bertz CT molecular complexity index is 1010. The number of hydrogen-bond donors (Lipinski definition) is 1. The fourth-order valence-electron chi connectivity index (χ4n) is 3.18. The molecule has 0 atom stereocenters. The van der Waals surface area contributed by atoms with Gasteiger partial charge in [0.15, 0.2) is 0 Å². The summed E-state index contributed by atoms with van der Waals surface area (Å²) in [6, 6.07) is 14.9. The summed E-state index contributed by atoms with van der Waals surface area (Å²) in [6.07, 6.45) is 2.34. The van der Waals surface area contributed by atoms with E-state index in [9.17, 15) is 18.0 Å². The van der Waals surface area contributed by atoms with Crippen molar-refractivity contribution in [3.8, 4) is 0 Å². The van der Waals surface area contributed by atoms with E-state index in [1.807, 2.05) is 0 Å². The van der Waals surface area contributed by atoms with E-state index in [2.05, 4.69) is 15.3 Å². The zero-order chi connectivity index (χ0) is 21.6. The number of carbonyl (C=O) groups is 2. The van der Waals surface area contributed by atoms with Crippen molar-refractivity contribution in [1.29, 1.82) is 0 Å². The van der Waals surface area contributed by atoms with Gasteiger partial charge in [-0.2, -0.15) is 9.41 Å². The molecule has 1 heterocycles. The molecule has 1 amide bonds. The van der Waals surface area contributed by atoms with Crippen molar-refractivity contribution in [2.24, 2.45) is 11.0 Å². The van der Waals surface area contributed by atoms with Crippen LogP contribution in [0.2, 0.25) is 0 Å². The maximum atomic E-state index is 12.7. The maximum Gasteiger partial charge on any atom is 0.337 e. The van der Waals surface area contributed by atoms with Crippen LogP contribution in [-0.4, -0.2) is 51.0 Å². The smallest absolute Gasteiger partial charge is 0.337 e. The summed E-state index contributed by atoms with van der Waals surface area (Å²) in [5, 5.41) is 3.95. The monoisotopic (exact) mass is 429 g/mol. The van der Waals surface area contributed by atoms with Gasteiger partial charge in [-0.25, -0.2) is 18.6 Å². The number of sulfonamides is 1. The Morgan fingerprint density at radius 2 is 1.70 bits per heavy atom. The van der Waals surface area contributed by atoms with Crippen LogP contribution in [0.25, 0.3) is 0 Å². The predicted octanol–water partition coefficient (Wildman–Crippen LogP) is 2.02. The van der Waals surface area contributed by atoms with Gasteiger partial charge in [-0.05, 0) is 42.7 Å². The SMILES string of the molecule is COC(=O)c1ccc(/C=N\NC(=O)C2CCN(S(=O)(=O)c3ccccc3)CC2)cc1. The molecular weight excluding hydrogens is 406 g/mol. The third-order valence-electron chi connectivity index (χ3n) is 4.93. The lowest BCUT2D eigenvalue weighted by Crippen LogP contribution is -2.42. The maximum absolute atomic E-state index is 12.7. The fraction of sp³-hybridized carbons (Fsp3) is 0.286. The second kappa shape index (κ2) is 9.64. The minimum Gasteiger partial charge on any atom is -0.465 e. The zero-order valence-corrected chi connectivity index (χ0v) is 17.3. The Morgan fingerprint density at radius 1 is 1.07 bits per heavy atom. The first-order valence-electron chi connectivity index (χ1n) is 9.48. The number of carbonyl (C=O) groups excluding carboxylic acids is 2. The number of amides is 1. The van der Waals surface area contributed by atoms with E-state index in [1.165, 1.54) is 17.6 Å². The van der Waals surface area contributed by atoms with E-state index >= 15 is 0 Å². The van der Waals surface area contributed by atoms with Gasteiger partial charge in [0.2, 0.25) is 15.9 Å². The van der Waals surface area contributed by atoms with E-state index in [0.29, 0.717) is 24.0 Å². The summed E-state index contributed by atoms with van der Waals surface area (Å²) in [5.41, 5.74) is 3.65. The lowest BCUT2D eigenvalue weighted by Gasteiger charge is -2.30. The van der Waals surface area contributed by atoms with Gasteiger partial charge in [-0.3, -0.25) is 4.79 Å². The molecular formula is C21H23N3O5S. The molecule has 2 aromatic rings. The molecule has 1 aliphatic rings. The second-order valence-electron chi connectivity index (χ2n) is 6.84. The first kappa shape index (κ1) is 21.7. The summed E-state index contributed by atoms with van der Waals surface area (Å²) in [4.78, 5) is 24.0. The van der Waals surface area contributed by atoms with Crippen LogP contribution in [0.1, 0.15) is 28.8 Å². The largest absolute Gasteiger partial charge is 0.465 e. The van der Waals surface area contributed by atoms with Gasteiger partial charge in [0.05, 0.1) is 23.8 Å². The minimum atomic E-state index is -3.54. The number of nitrogens with one attached hydrogen (secondary N) is 1. The molecule has 1 aliphatic heterocycles. The van der Waals surface area contributed by atoms with Crippen LogP contribution in [0, 0.1) is 5.92 Å². The third kappa shape index (κ3) is 5.11. The van der Waals surface area contributed by atoms with E-state index in [4.69, 9.17) is 0 Å². The Labute approximate surface area is 175 Å². The van der Waals surface area contributed by atoms with Crippen molar-refractivity contribution < 1.29 is 22.7 Å². The van der Waals surface area contributed by atoms with Crippen LogP contribution in [0.15, 0.2) is 64.6 Å². The van der Waals surface area contributed by atoms with Gasteiger partial charge in [0.1, 0.15) is 0 Å². The first-order chi connectivity index (χ1) is 14.4. The highest BCUT2D eigenvalue weighted by Crippen LogP contribution is 2.23. The Balaban J connectivity index is 1.51. The van der Waals surface area contributed by atoms with Crippen LogP contribution in [0.5, 0.6) is 0 Å². The van der Waals surface area contributed by atoms with E-state index in [-0.39, 0.29) is 29.8 Å². The van der Waals surface area contributed by atoms with Gasteiger partial charge in [-0.1, -0.05) is 30.3 Å². The van der Waals surface area contributed by atoms with Gasteiger partial charge in [-0.15, -0.1) is 0 Å². The average molecular weight is 429 g/mol. The van der Waals surface area contributed by atoms with Crippen molar-refractivity contribution in [2.45, 2.75) is 17.7 Å². The van der Waals surface area contributed by atoms with Gasteiger partial charge < -0.3 is 4.74 Å². The number of piperidine rings is 1. The molecule has 1 N–H and O–H groups in total. The van der Waals surface area contributed by atoms with Crippen molar-refractivity contribution in [1.82, 2.24) is 9.73 Å². The lowest BCUT2D eigenvalue weighted by atomic mass is 9.98. The van der Waals surface area contributed by atoms with Gasteiger partial charge in [0.25, 0.3) is 0 Å². The molecule has 0 spiro atoms. The first-order valence-corrected chi connectivity index (χ1v) is 10.9. The zero-order valence-electron chi connectivity index (χ0n) is 16.5. The summed E-state index contributed by atoms with van der Waals surface area (Å²) in [5.74, 6) is -0.965. The van der Waals surface area contributed by atoms with Crippen molar-refractivity contribution in [2.75, 3.05) is 20.2 Å². The quantitative estimate of drug-likeness (QED) is 0.430. The topological polar surface area (TPSA) is 105 Å². The minimum absolute atomic E-state index is 0.241. The Kier molecular flexibility index (Phi) is 6.96. The molecule has 0 radical (unpaired) electrons. The van der Waals surface area contributed by atoms with Crippen molar-refractivity contribution in [3.63, 3.8) is 0 Å². The molecule has 0 saturated carbocycles. The molecule has 30 heavy (non-hydrogen) atoms. The molecule has 9 heteroatoms. The summed E-state index contributed by atoms with van der Waals surface area (Å²) < 4.78 is 31.4. The van der Waals surface area contributed by atoms with Crippen molar-refractivity contribution >= 4 is 28.1 Å². The molecule has 3 rings (SSSR count). The summed E-state index contributed by atoms with van der Waals surface area (Å²) in [7, 11) is -2.22. The number of ether oxygens (including phenoxy) is 1. The van der Waals surface area contributed by atoms with E-state index in [1.54, 1.807) is 54.6 Å². The molecule has 1 saturated heterocycles. The number of rotatable bonds is 6. The molecule has 158 valence electrons. The van der Waals surface area contributed by atoms with Gasteiger partial charge in [0, 0.05) is 19.0 Å². The average Bonchev–Trinajstić information content (AvgIpc) is 2.79. The molecule has 0 bridgehead atoms. The van der Waals surface area contributed by atoms with Crippen LogP contribution in [0.4, 0.5) is 0 Å². The molecule has 2 aromatic carbocycles. The second-order valence-corrected chi connectivity index (χ2v) is 8.78. The molecule has 8 nitrogen and oxygen atoms in total. The highest BCUT2D eigenvalue weighted by atomic mass is 32.2. The summed E-state index contributed by atoms with van der Waals surface area (Å²) in [6.45, 7) is 0.571. The van der Waals surface area contributed by atoms with Crippen LogP contribution >= 0.6 is 0 Å². The number of methoxy groups -OCH3 is 1. The molecule has 0 aliphatic carbocycles. The Hall–Kier alpha value is -3.04. The lowest BCUT2D eigenvalue weighted by molar-refractivity contribution is -0.126. The normalized spacial score (nSPS) is 15.8. The van der Waals surface area contributed by atoms with E-state index < -0.39 is 16.0 Å². The molecule has 1 fully saturated rings. The van der Waals surface area contributed by atoms with Crippen LogP contribution in [0.3, 0.4) is 0 Å². The standard InChI is InChI=1S/C21H23N3O5S/c1-29-21(26)18-9-7-16(8-10-18)15-22-23-20(25)17-11-13-24(14-12-17)30(27,28)19-5-3-2-4-6-19/h2-10,15,17H,11-14H2,1H3,(H,23,25)/b22-15-. The predicted molar refractivity (Wildman–Crippen MR) is 111 cm³/mol. The number of esters is 1. The highest BCUT2D eigenvalue weighted by Gasteiger charge is 2.31. The number of nitrogens with zero attached hydrogens (tertiary/aromatic N) is 2. The number of hydrazone groups is 1. The van der Waals surface area contributed by atoms with E-state index in [0.717, 1.165) is 0 Å². The van der Waals surface area contributed by atoms with Gasteiger partial charge >= 0.3 is 5.97 Å². The number of benzene rings is 2. The molecule has 0 unspecified atom stereocenters. The third-order valence-corrected chi connectivity index (χ3v) is 6.84. The number of hydrogen-bond acceptors (Lipinski definition) is 6. The fourth-order valence-corrected chi connectivity index (χ4v) is 4.68. The van der Waals surface area contributed by atoms with Crippen LogP contribution in [-0.2, 0) is 19.6 Å². The Morgan fingerprint density at radius 3 is 2.30 bits per heavy atom. The molecule has 0 aromatic heterocycles. The summed E-state index contributed by atoms with van der Waals surface area (Å²) >= 11 is 0. The highest BCUT2D eigenvalue weighted by molar-refractivity contribution is 7.89. The van der Waals surface area contributed by atoms with Crippen LogP contribution < -0.4 is 5.43 Å². The van der Waals surface area contributed by atoms with Crippen molar-refractivity contribution in [3.05, 3.63) is 65.7 Å².